The number of amides is 1. The number of carbonyl (C=O) groups is 1. The van der Waals surface area contributed by atoms with Gasteiger partial charge in [-0.2, -0.15) is 0 Å². The summed E-state index contributed by atoms with van der Waals surface area (Å²) in [6, 6.07) is 14.7. The molecular weight excluding hydrogens is 410 g/mol. The van der Waals surface area contributed by atoms with Crippen LogP contribution in [0.1, 0.15) is 49.0 Å². The highest BCUT2D eigenvalue weighted by Gasteiger charge is 2.37. The van der Waals surface area contributed by atoms with Crippen molar-refractivity contribution in [1.29, 1.82) is 0 Å². The van der Waals surface area contributed by atoms with E-state index in [4.69, 9.17) is 0 Å². The van der Waals surface area contributed by atoms with E-state index in [1.54, 1.807) is 12.1 Å². The van der Waals surface area contributed by atoms with E-state index in [1.165, 1.54) is 24.8 Å². The van der Waals surface area contributed by atoms with Crippen LogP contribution in [-0.4, -0.2) is 70.5 Å². The molecule has 2 aromatic rings. The molecule has 2 atom stereocenters. The third kappa shape index (κ3) is 5.15. The normalized spacial score (nSPS) is 21.0. The Morgan fingerprint density at radius 1 is 1.12 bits per heavy atom. The van der Waals surface area contributed by atoms with Crippen molar-refractivity contribution >= 4 is 5.91 Å². The van der Waals surface area contributed by atoms with Crippen LogP contribution < -0.4 is 0 Å². The van der Waals surface area contributed by atoms with Gasteiger partial charge < -0.3 is 10.0 Å². The van der Waals surface area contributed by atoms with Crippen LogP contribution in [-0.2, 0) is 6.54 Å². The van der Waals surface area contributed by atoms with Crippen LogP contribution in [0.2, 0.25) is 0 Å². The summed E-state index contributed by atoms with van der Waals surface area (Å²) < 4.78 is 0. The van der Waals surface area contributed by atoms with E-state index < -0.39 is 0 Å². The van der Waals surface area contributed by atoms with Crippen molar-refractivity contribution in [2.45, 2.75) is 51.7 Å². The van der Waals surface area contributed by atoms with Gasteiger partial charge in [-0.3, -0.25) is 14.6 Å². The number of rotatable bonds is 8. The molecule has 0 radical (unpaired) electrons. The minimum absolute atomic E-state index is 0.0582. The van der Waals surface area contributed by atoms with Gasteiger partial charge in [0.2, 0.25) is 0 Å². The number of aromatic hydroxyl groups is 1. The minimum Gasteiger partial charge on any atom is -0.508 e. The lowest BCUT2D eigenvalue weighted by atomic mass is 9.95. The van der Waals surface area contributed by atoms with Crippen LogP contribution in [0.3, 0.4) is 0 Å². The fourth-order valence-electron chi connectivity index (χ4n) is 5.53. The number of likely N-dealkylation sites (tertiary alicyclic amines) is 1. The van der Waals surface area contributed by atoms with Crippen molar-refractivity contribution in [2.24, 2.45) is 0 Å². The lowest BCUT2D eigenvalue weighted by Gasteiger charge is -2.30. The second-order valence-corrected chi connectivity index (χ2v) is 9.29. The Labute approximate surface area is 198 Å². The fraction of sp³-hybridized carbons (Fsp3) is 0.464. The zero-order valence-corrected chi connectivity index (χ0v) is 20.0. The number of phenols is 1. The first-order valence-electron chi connectivity index (χ1n) is 12.3. The number of phenolic OH excluding ortho intramolecular Hbond substituents is 1. The molecule has 0 saturated carbocycles. The number of hydrogen-bond acceptors (Lipinski definition) is 4. The van der Waals surface area contributed by atoms with Gasteiger partial charge in [0, 0.05) is 56.9 Å². The topological polar surface area (TPSA) is 47.0 Å². The van der Waals surface area contributed by atoms with Crippen molar-refractivity contribution in [3.8, 4) is 16.9 Å². The maximum Gasteiger partial charge on any atom is 0.253 e. The average Bonchev–Trinajstić information content (AvgIpc) is 3.10. The maximum atomic E-state index is 13.1. The molecule has 2 saturated heterocycles. The van der Waals surface area contributed by atoms with Gasteiger partial charge >= 0.3 is 0 Å². The molecule has 2 bridgehead atoms. The molecule has 5 heteroatoms. The minimum atomic E-state index is 0.0582. The summed E-state index contributed by atoms with van der Waals surface area (Å²) in [4.78, 5) is 20.1. The lowest BCUT2D eigenvalue weighted by molar-refractivity contribution is 0.0773. The van der Waals surface area contributed by atoms with Gasteiger partial charge in [-0.05, 0) is 74.1 Å². The van der Waals surface area contributed by atoms with E-state index in [0.29, 0.717) is 30.7 Å². The molecule has 1 N–H and O–H groups in total. The van der Waals surface area contributed by atoms with E-state index in [1.807, 2.05) is 49.1 Å². The Morgan fingerprint density at radius 3 is 2.64 bits per heavy atom. The first kappa shape index (κ1) is 23.5. The molecule has 2 aliphatic heterocycles. The predicted molar refractivity (Wildman–Crippen MR) is 134 cm³/mol. The molecule has 2 aromatic carbocycles. The van der Waals surface area contributed by atoms with E-state index >= 15 is 0 Å². The molecule has 2 unspecified atom stereocenters. The summed E-state index contributed by atoms with van der Waals surface area (Å²) in [6.45, 7) is 13.4. The number of carbonyl (C=O) groups excluding carboxylic acids is 1. The molecule has 33 heavy (non-hydrogen) atoms. The lowest BCUT2D eigenvalue weighted by Crippen LogP contribution is -2.38. The third-order valence-electron chi connectivity index (χ3n) is 7.32. The smallest absolute Gasteiger partial charge is 0.253 e. The van der Waals surface area contributed by atoms with Crippen molar-refractivity contribution < 1.29 is 9.90 Å². The number of fused-ring (bicyclic) bond motifs is 2. The summed E-state index contributed by atoms with van der Waals surface area (Å²) in [7, 11) is 0. The Bertz CT molecular complexity index is 985. The molecule has 1 amide bonds. The van der Waals surface area contributed by atoms with Gasteiger partial charge in [0.15, 0.2) is 0 Å². The van der Waals surface area contributed by atoms with Crippen LogP contribution in [0.5, 0.6) is 5.75 Å². The fourth-order valence-corrected chi connectivity index (χ4v) is 5.53. The summed E-state index contributed by atoms with van der Waals surface area (Å²) in [6.07, 6.45) is 5.68. The van der Waals surface area contributed by atoms with Crippen molar-refractivity contribution in [2.75, 3.05) is 32.7 Å². The first-order valence-corrected chi connectivity index (χ1v) is 12.3. The second kappa shape index (κ2) is 10.5. The highest BCUT2D eigenvalue weighted by atomic mass is 16.3. The van der Waals surface area contributed by atoms with Gasteiger partial charge in [0.1, 0.15) is 5.75 Å². The van der Waals surface area contributed by atoms with Gasteiger partial charge in [0.25, 0.3) is 5.91 Å². The van der Waals surface area contributed by atoms with Crippen molar-refractivity contribution in [1.82, 2.24) is 14.7 Å². The SMILES string of the molecule is C=CCN1CCC2CCC(C1)N2Cc1ccc(C(=O)N(CC)CC)cc1-c1cccc(O)c1. The summed E-state index contributed by atoms with van der Waals surface area (Å²) in [5.41, 5.74) is 3.91. The molecule has 0 aromatic heterocycles. The van der Waals surface area contributed by atoms with Crippen LogP contribution in [0.15, 0.2) is 55.1 Å². The van der Waals surface area contributed by atoms with Crippen LogP contribution in [0.4, 0.5) is 0 Å². The van der Waals surface area contributed by atoms with E-state index in [9.17, 15) is 9.90 Å². The Hall–Kier alpha value is -2.63. The molecule has 2 fully saturated rings. The van der Waals surface area contributed by atoms with Crippen LogP contribution >= 0.6 is 0 Å². The van der Waals surface area contributed by atoms with E-state index in [0.717, 1.165) is 37.3 Å². The molecule has 2 heterocycles. The molecule has 4 rings (SSSR count). The molecular formula is C28H37N3O2. The Morgan fingerprint density at radius 2 is 1.91 bits per heavy atom. The highest BCUT2D eigenvalue weighted by Crippen LogP contribution is 2.35. The van der Waals surface area contributed by atoms with Gasteiger partial charge in [0.05, 0.1) is 0 Å². The third-order valence-corrected chi connectivity index (χ3v) is 7.32. The summed E-state index contributed by atoms with van der Waals surface area (Å²) in [5.74, 6) is 0.302. The average molecular weight is 448 g/mol. The number of nitrogens with zero attached hydrogens (tertiary/aromatic N) is 3. The first-order chi connectivity index (χ1) is 16.0. The van der Waals surface area contributed by atoms with Gasteiger partial charge in [-0.1, -0.05) is 24.3 Å². The zero-order chi connectivity index (χ0) is 23.4. The standard InChI is InChI=1S/C28H37N3O2/c1-4-15-29-16-14-24-12-13-25(20-29)31(24)19-23-11-10-22(28(33)30(5-2)6-3)18-27(23)21-8-7-9-26(32)17-21/h4,7-11,17-18,24-25,32H,1,5-6,12-16,19-20H2,2-3H3. The second-order valence-electron chi connectivity index (χ2n) is 9.29. The zero-order valence-electron chi connectivity index (χ0n) is 20.0. The Kier molecular flexibility index (Phi) is 7.51. The maximum absolute atomic E-state index is 13.1. The summed E-state index contributed by atoms with van der Waals surface area (Å²) >= 11 is 0. The largest absolute Gasteiger partial charge is 0.508 e. The van der Waals surface area contributed by atoms with Crippen molar-refractivity contribution in [3.05, 3.63) is 66.2 Å². The molecule has 176 valence electrons. The number of hydrogen-bond donors (Lipinski definition) is 1. The number of benzene rings is 2. The molecule has 0 aliphatic carbocycles. The quantitative estimate of drug-likeness (QED) is 0.593. The summed E-state index contributed by atoms with van der Waals surface area (Å²) in [5, 5.41) is 10.1. The highest BCUT2D eigenvalue weighted by molar-refractivity contribution is 5.95. The predicted octanol–water partition coefficient (Wildman–Crippen LogP) is 4.77. The molecule has 0 spiro atoms. The van der Waals surface area contributed by atoms with Crippen LogP contribution in [0, 0.1) is 0 Å². The van der Waals surface area contributed by atoms with E-state index in [-0.39, 0.29) is 11.7 Å². The Balaban J connectivity index is 1.67. The van der Waals surface area contributed by atoms with Gasteiger partial charge in [-0.15, -0.1) is 6.58 Å². The van der Waals surface area contributed by atoms with Crippen LogP contribution in [0.25, 0.3) is 11.1 Å². The van der Waals surface area contributed by atoms with Gasteiger partial charge in [-0.25, -0.2) is 0 Å². The monoisotopic (exact) mass is 447 g/mol. The van der Waals surface area contributed by atoms with Crippen molar-refractivity contribution in [3.63, 3.8) is 0 Å². The molecule has 5 nitrogen and oxygen atoms in total. The van der Waals surface area contributed by atoms with E-state index in [2.05, 4.69) is 22.4 Å². The molecule has 2 aliphatic rings.